The van der Waals surface area contributed by atoms with Gasteiger partial charge in [0.05, 0.1) is 11.5 Å². The Bertz CT molecular complexity index is 568. The Morgan fingerprint density at radius 1 is 1.30 bits per heavy atom. The molecule has 0 atom stereocenters. The van der Waals surface area contributed by atoms with Gasteiger partial charge in [0, 0.05) is 17.3 Å². The standard InChI is InChI=1S/C16H19NO2S/c18-10-9-17(13-6-2-3-7-13)16(19)15-11-12-5-1-4-8-14(12)20-15/h1,4-5,8,11,13,18H,2-3,6-7,9-10H2. The number of thiophene rings is 1. The molecule has 1 saturated carbocycles. The van der Waals surface area contributed by atoms with Gasteiger partial charge in [0.25, 0.3) is 5.91 Å². The highest BCUT2D eigenvalue weighted by Gasteiger charge is 2.27. The van der Waals surface area contributed by atoms with Crippen molar-refractivity contribution in [2.45, 2.75) is 31.7 Å². The number of rotatable bonds is 4. The van der Waals surface area contributed by atoms with Gasteiger partial charge in [0.15, 0.2) is 0 Å². The van der Waals surface area contributed by atoms with Crippen molar-refractivity contribution in [3.05, 3.63) is 35.2 Å². The fourth-order valence-electron chi connectivity index (χ4n) is 3.00. The Labute approximate surface area is 122 Å². The average molecular weight is 289 g/mol. The number of hydrogen-bond acceptors (Lipinski definition) is 3. The van der Waals surface area contributed by atoms with E-state index in [0.717, 1.165) is 27.8 Å². The van der Waals surface area contributed by atoms with Gasteiger partial charge < -0.3 is 10.0 Å². The second-order valence-corrected chi connectivity index (χ2v) is 6.39. The van der Waals surface area contributed by atoms with E-state index in [-0.39, 0.29) is 12.5 Å². The lowest BCUT2D eigenvalue weighted by atomic mass is 10.2. The van der Waals surface area contributed by atoms with Crippen molar-refractivity contribution < 1.29 is 9.90 Å². The minimum Gasteiger partial charge on any atom is -0.395 e. The molecule has 1 aromatic heterocycles. The molecule has 4 heteroatoms. The van der Waals surface area contributed by atoms with Gasteiger partial charge in [0.1, 0.15) is 0 Å². The third-order valence-electron chi connectivity index (χ3n) is 4.00. The molecular weight excluding hydrogens is 270 g/mol. The summed E-state index contributed by atoms with van der Waals surface area (Å²) >= 11 is 1.55. The molecule has 1 aromatic carbocycles. The highest BCUT2D eigenvalue weighted by molar-refractivity contribution is 7.20. The summed E-state index contributed by atoms with van der Waals surface area (Å²) in [4.78, 5) is 15.4. The topological polar surface area (TPSA) is 40.5 Å². The molecule has 2 aromatic rings. The Morgan fingerprint density at radius 2 is 2.05 bits per heavy atom. The number of fused-ring (bicyclic) bond motifs is 1. The minimum atomic E-state index is 0.0349. The number of aliphatic hydroxyl groups is 1. The predicted octanol–water partition coefficient (Wildman–Crippen LogP) is 3.28. The molecule has 1 aliphatic rings. The zero-order chi connectivity index (χ0) is 13.9. The normalized spacial score (nSPS) is 15.8. The van der Waals surface area contributed by atoms with Crippen molar-refractivity contribution in [1.29, 1.82) is 0 Å². The van der Waals surface area contributed by atoms with E-state index in [1.54, 1.807) is 11.3 Å². The molecule has 3 rings (SSSR count). The van der Waals surface area contributed by atoms with Crippen molar-refractivity contribution in [3.8, 4) is 0 Å². The first-order chi connectivity index (χ1) is 9.79. The fraction of sp³-hybridized carbons (Fsp3) is 0.438. The molecule has 0 saturated heterocycles. The number of aliphatic hydroxyl groups excluding tert-OH is 1. The summed E-state index contributed by atoms with van der Waals surface area (Å²) in [5.74, 6) is 0.0761. The summed E-state index contributed by atoms with van der Waals surface area (Å²) in [6.45, 7) is 0.477. The summed E-state index contributed by atoms with van der Waals surface area (Å²) in [6, 6.07) is 10.3. The summed E-state index contributed by atoms with van der Waals surface area (Å²) in [7, 11) is 0. The molecule has 1 fully saturated rings. The number of benzene rings is 1. The van der Waals surface area contributed by atoms with E-state index >= 15 is 0 Å². The maximum atomic E-state index is 12.7. The first-order valence-electron chi connectivity index (χ1n) is 7.20. The molecular formula is C16H19NO2S. The van der Waals surface area contributed by atoms with Crippen LogP contribution in [0.3, 0.4) is 0 Å². The second kappa shape index (κ2) is 5.94. The van der Waals surface area contributed by atoms with Crippen molar-refractivity contribution in [2.75, 3.05) is 13.2 Å². The zero-order valence-electron chi connectivity index (χ0n) is 11.4. The lowest BCUT2D eigenvalue weighted by molar-refractivity contribution is 0.0643. The van der Waals surface area contributed by atoms with Gasteiger partial charge in [0.2, 0.25) is 0 Å². The molecule has 1 aliphatic carbocycles. The summed E-state index contributed by atoms with van der Waals surface area (Å²) in [5, 5.41) is 10.4. The van der Waals surface area contributed by atoms with Crippen LogP contribution in [0.25, 0.3) is 10.1 Å². The van der Waals surface area contributed by atoms with E-state index in [2.05, 4.69) is 0 Å². The lowest BCUT2D eigenvalue weighted by Crippen LogP contribution is -2.40. The number of carbonyl (C=O) groups excluding carboxylic acids is 1. The van der Waals surface area contributed by atoms with Gasteiger partial charge in [-0.1, -0.05) is 31.0 Å². The maximum Gasteiger partial charge on any atom is 0.264 e. The van der Waals surface area contributed by atoms with Crippen molar-refractivity contribution in [2.24, 2.45) is 0 Å². The van der Waals surface area contributed by atoms with Crippen LogP contribution in [0.1, 0.15) is 35.4 Å². The SMILES string of the molecule is O=C(c1cc2ccccc2s1)N(CCO)C1CCCC1. The first kappa shape index (κ1) is 13.6. The van der Waals surface area contributed by atoms with Crippen LogP contribution in [0.15, 0.2) is 30.3 Å². The fourth-order valence-corrected chi connectivity index (χ4v) is 4.02. The van der Waals surface area contributed by atoms with E-state index in [1.165, 1.54) is 12.8 Å². The van der Waals surface area contributed by atoms with Gasteiger partial charge in [-0.15, -0.1) is 11.3 Å². The highest BCUT2D eigenvalue weighted by atomic mass is 32.1. The van der Waals surface area contributed by atoms with E-state index in [1.807, 2.05) is 35.2 Å². The number of hydrogen-bond donors (Lipinski definition) is 1. The van der Waals surface area contributed by atoms with Crippen molar-refractivity contribution in [1.82, 2.24) is 4.90 Å². The summed E-state index contributed by atoms with van der Waals surface area (Å²) in [6.07, 6.45) is 4.51. The molecule has 0 spiro atoms. The summed E-state index contributed by atoms with van der Waals surface area (Å²) < 4.78 is 1.14. The van der Waals surface area contributed by atoms with Crippen LogP contribution in [0.5, 0.6) is 0 Å². The van der Waals surface area contributed by atoms with Gasteiger partial charge in [-0.2, -0.15) is 0 Å². The molecule has 1 amide bonds. The predicted molar refractivity (Wildman–Crippen MR) is 82.2 cm³/mol. The number of carbonyl (C=O) groups is 1. The van der Waals surface area contributed by atoms with E-state index in [4.69, 9.17) is 0 Å². The van der Waals surface area contributed by atoms with Gasteiger partial charge in [-0.25, -0.2) is 0 Å². The largest absolute Gasteiger partial charge is 0.395 e. The number of amides is 1. The summed E-state index contributed by atoms with van der Waals surface area (Å²) in [5.41, 5.74) is 0. The van der Waals surface area contributed by atoms with E-state index in [9.17, 15) is 9.90 Å². The molecule has 0 radical (unpaired) electrons. The molecule has 106 valence electrons. The van der Waals surface area contributed by atoms with Crippen LogP contribution >= 0.6 is 11.3 Å². The van der Waals surface area contributed by atoms with E-state index < -0.39 is 0 Å². The molecule has 0 aliphatic heterocycles. The maximum absolute atomic E-state index is 12.7. The third-order valence-corrected chi connectivity index (χ3v) is 5.11. The molecule has 1 heterocycles. The van der Waals surface area contributed by atoms with Crippen LogP contribution in [-0.4, -0.2) is 35.1 Å². The number of nitrogens with zero attached hydrogens (tertiary/aromatic N) is 1. The molecule has 0 unspecified atom stereocenters. The molecule has 20 heavy (non-hydrogen) atoms. The third kappa shape index (κ3) is 2.58. The van der Waals surface area contributed by atoms with Gasteiger partial charge in [-0.3, -0.25) is 4.79 Å². The van der Waals surface area contributed by atoms with Gasteiger partial charge in [-0.05, 0) is 30.4 Å². The second-order valence-electron chi connectivity index (χ2n) is 5.31. The Balaban J connectivity index is 1.87. The van der Waals surface area contributed by atoms with Crippen LogP contribution < -0.4 is 0 Å². The molecule has 3 nitrogen and oxygen atoms in total. The van der Waals surface area contributed by atoms with Crippen molar-refractivity contribution in [3.63, 3.8) is 0 Å². The van der Waals surface area contributed by atoms with Crippen LogP contribution in [0.2, 0.25) is 0 Å². The molecule has 1 N–H and O–H groups in total. The van der Waals surface area contributed by atoms with Gasteiger partial charge >= 0.3 is 0 Å². The van der Waals surface area contributed by atoms with E-state index in [0.29, 0.717) is 12.6 Å². The first-order valence-corrected chi connectivity index (χ1v) is 8.01. The Morgan fingerprint density at radius 3 is 2.75 bits per heavy atom. The average Bonchev–Trinajstić information content (AvgIpc) is 3.12. The highest BCUT2D eigenvalue weighted by Crippen LogP contribution is 2.29. The Hall–Kier alpha value is -1.39. The van der Waals surface area contributed by atoms with Crippen LogP contribution in [-0.2, 0) is 0 Å². The monoisotopic (exact) mass is 289 g/mol. The quantitative estimate of drug-likeness (QED) is 0.938. The lowest BCUT2D eigenvalue weighted by Gasteiger charge is -2.27. The van der Waals surface area contributed by atoms with Crippen LogP contribution in [0, 0.1) is 0 Å². The smallest absolute Gasteiger partial charge is 0.264 e. The van der Waals surface area contributed by atoms with Crippen molar-refractivity contribution >= 4 is 27.3 Å². The molecule has 0 bridgehead atoms. The van der Waals surface area contributed by atoms with Crippen LogP contribution in [0.4, 0.5) is 0 Å². The Kier molecular flexibility index (Phi) is 4.03. The zero-order valence-corrected chi connectivity index (χ0v) is 12.2. The minimum absolute atomic E-state index is 0.0349.